The Morgan fingerprint density at radius 1 is 1.38 bits per heavy atom. The number of halogens is 2. The van der Waals surface area contributed by atoms with Crippen LogP contribution in [0.3, 0.4) is 0 Å². The van der Waals surface area contributed by atoms with Crippen LogP contribution in [0.25, 0.3) is 0 Å². The Morgan fingerprint density at radius 2 is 1.97 bits per heavy atom. The minimum atomic E-state index is -1.49. The van der Waals surface area contributed by atoms with Crippen molar-refractivity contribution in [1.29, 1.82) is 0 Å². The maximum atomic E-state index is 12.9. The summed E-state index contributed by atoms with van der Waals surface area (Å²) < 4.78 is 22.7. The molecule has 1 N–H and O–H groups in total. The summed E-state index contributed by atoms with van der Waals surface area (Å²) in [6, 6.07) is 3.31. The second-order valence-electron chi connectivity index (χ2n) is 8.24. The number of ether oxygens (including phenoxy) is 1. The number of rotatable bonds is 6. The quantitative estimate of drug-likeness (QED) is 0.381. The van der Waals surface area contributed by atoms with E-state index in [1.165, 1.54) is 4.90 Å². The van der Waals surface area contributed by atoms with Gasteiger partial charge >= 0.3 is 6.09 Å². The fourth-order valence-corrected chi connectivity index (χ4v) is 4.59. The summed E-state index contributed by atoms with van der Waals surface area (Å²) >= 11 is 11.0. The van der Waals surface area contributed by atoms with Crippen molar-refractivity contribution >= 4 is 46.4 Å². The molecule has 1 amide bonds. The summed E-state index contributed by atoms with van der Waals surface area (Å²) in [4.78, 5) is 12.7. The monoisotopic (exact) mass is 458 g/mol. The molecule has 6 nitrogen and oxygen atoms in total. The zero-order valence-corrected chi connectivity index (χ0v) is 18.9. The number of nitrogens with zero attached hydrogens (tertiary/aromatic N) is 2. The average Bonchev–Trinajstić information content (AvgIpc) is 3.10. The second kappa shape index (κ2) is 8.38. The van der Waals surface area contributed by atoms with Crippen LogP contribution in [0.1, 0.15) is 26.3 Å². The number of piperidine rings is 1. The van der Waals surface area contributed by atoms with E-state index in [2.05, 4.69) is 11.0 Å². The van der Waals surface area contributed by atoms with E-state index >= 15 is 0 Å². The van der Waals surface area contributed by atoms with Gasteiger partial charge in [0.1, 0.15) is 34.2 Å². The van der Waals surface area contributed by atoms with E-state index in [4.69, 9.17) is 27.9 Å². The average molecular weight is 459 g/mol. The summed E-state index contributed by atoms with van der Waals surface area (Å²) in [5.41, 5.74) is 1.27. The number of amides is 1. The van der Waals surface area contributed by atoms with Crippen molar-refractivity contribution in [3.05, 3.63) is 40.4 Å². The van der Waals surface area contributed by atoms with Gasteiger partial charge < -0.3 is 19.3 Å². The Bertz CT molecular complexity index is 844. The molecule has 1 aliphatic heterocycles. The van der Waals surface area contributed by atoms with Gasteiger partial charge in [0, 0.05) is 30.6 Å². The van der Waals surface area contributed by atoms with E-state index in [0.717, 1.165) is 0 Å². The van der Waals surface area contributed by atoms with E-state index in [1.807, 2.05) is 20.8 Å². The topological polar surface area (TPSA) is 85.2 Å². The third-order valence-electron chi connectivity index (χ3n) is 5.14. The van der Waals surface area contributed by atoms with Crippen LogP contribution in [0, 0.1) is 17.8 Å². The molecule has 0 bridgehead atoms. The lowest BCUT2D eigenvalue weighted by Gasteiger charge is -2.22. The molecule has 1 aromatic carbocycles. The van der Waals surface area contributed by atoms with E-state index < -0.39 is 22.2 Å². The number of likely N-dealkylation sites (tertiary alicyclic amines) is 1. The van der Waals surface area contributed by atoms with Crippen molar-refractivity contribution in [2.75, 3.05) is 19.7 Å². The first kappa shape index (κ1) is 22.3. The Balaban J connectivity index is 2.02. The van der Waals surface area contributed by atoms with Gasteiger partial charge in [-0.05, 0) is 38.7 Å². The highest BCUT2D eigenvalue weighted by atomic mass is 35.5. The highest BCUT2D eigenvalue weighted by molar-refractivity contribution is 7.91. The van der Waals surface area contributed by atoms with Gasteiger partial charge in [-0.25, -0.2) is 4.79 Å². The van der Waals surface area contributed by atoms with Crippen LogP contribution in [-0.4, -0.2) is 50.8 Å². The summed E-state index contributed by atoms with van der Waals surface area (Å²) in [5.74, 6) is 0.774. The molecule has 3 rings (SSSR count). The molecule has 4 atom stereocenters. The molecule has 0 aromatic heterocycles. The lowest BCUT2D eigenvalue weighted by Crippen LogP contribution is -2.32. The number of hydrogen-bond acceptors (Lipinski definition) is 4. The van der Waals surface area contributed by atoms with Crippen LogP contribution in [-0.2, 0) is 11.4 Å². The SMILES string of the molecule is C=CCOc1cc(Cl)c(Cl)cc1C(=N[S+]([O-])C(C)(C)C)[C@@H]1[C@@H]2CN(C(=O)O)C[C@@H]21. The van der Waals surface area contributed by atoms with Crippen LogP contribution in [0.4, 0.5) is 4.79 Å². The first-order valence-corrected chi connectivity index (χ1v) is 11.1. The standard InChI is InChI=1S/C20H24Cl2N2O4S/c1-5-6-28-16-8-15(22)14(21)7-11(16)18(23-29(27)20(2,3)4)17-12-9-24(19(25)26)10-13(12)17/h5,7-8,12-13,17H,1,6,9-10H2,2-4H3,(H,25,26)/t12-,13+,17-,29?. The fourth-order valence-electron chi connectivity index (χ4n) is 3.60. The number of fused-ring (bicyclic) bond motifs is 1. The largest absolute Gasteiger partial charge is 0.591 e. The molecule has 1 saturated heterocycles. The minimum absolute atomic E-state index is 0.000207. The Hall–Kier alpha value is -1.41. The maximum absolute atomic E-state index is 12.9. The van der Waals surface area contributed by atoms with Gasteiger partial charge in [0.15, 0.2) is 0 Å². The molecule has 2 fully saturated rings. The normalized spacial score (nSPS) is 24.8. The van der Waals surface area contributed by atoms with Gasteiger partial charge in [-0.2, -0.15) is 0 Å². The van der Waals surface area contributed by atoms with Gasteiger partial charge in [-0.1, -0.05) is 40.3 Å². The maximum Gasteiger partial charge on any atom is 0.407 e. The number of carbonyl (C=O) groups is 1. The number of carboxylic acid groups (broad SMARTS) is 1. The molecular formula is C20H24Cl2N2O4S. The van der Waals surface area contributed by atoms with Crippen molar-refractivity contribution in [3.8, 4) is 5.75 Å². The molecule has 1 heterocycles. The van der Waals surface area contributed by atoms with Gasteiger partial charge in [0.05, 0.1) is 10.0 Å². The van der Waals surface area contributed by atoms with Gasteiger partial charge in [0.25, 0.3) is 0 Å². The van der Waals surface area contributed by atoms with Crippen LogP contribution < -0.4 is 4.74 Å². The van der Waals surface area contributed by atoms with Crippen molar-refractivity contribution in [2.45, 2.75) is 25.5 Å². The molecule has 2 aliphatic rings. The number of hydrogen-bond donors (Lipinski definition) is 1. The van der Waals surface area contributed by atoms with Gasteiger partial charge in [0.2, 0.25) is 0 Å². The molecule has 1 unspecified atom stereocenters. The van der Waals surface area contributed by atoms with Crippen molar-refractivity contribution < 1.29 is 19.2 Å². The second-order valence-corrected chi connectivity index (χ2v) is 11.0. The molecular weight excluding hydrogens is 435 g/mol. The van der Waals surface area contributed by atoms with E-state index in [1.54, 1.807) is 18.2 Å². The molecule has 9 heteroatoms. The molecule has 0 radical (unpaired) electrons. The van der Waals surface area contributed by atoms with Gasteiger partial charge in [-0.15, -0.1) is 0 Å². The van der Waals surface area contributed by atoms with Crippen molar-refractivity contribution in [3.63, 3.8) is 0 Å². The predicted molar refractivity (Wildman–Crippen MR) is 117 cm³/mol. The third kappa shape index (κ3) is 4.68. The predicted octanol–water partition coefficient (Wildman–Crippen LogP) is 4.67. The van der Waals surface area contributed by atoms with Gasteiger partial charge in [-0.3, -0.25) is 0 Å². The summed E-state index contributed by atoms with van der Waals surface area (Å²) in [6.45, 7) is 10.4. The van der Waals surface area contributed by atoms with Crippen LogP contribution in [0.15, 0.2) is 29.2 Å². The third-order valence-corrected chi connectivity index (χ3v) is 7.27. The van der Waals surface area contributed by atoms with E-state index in [-0.39, 0.29) is 24.4 Å². The molecule has 29 heavy (non-hydrogen) atoms. The smallest absolute Gasteiger partial charge is 0.407 e. The molecule has 1 aliphatic carbocycles. The Labute approximate surface area is 183 Å². The fraction of sp³-hybridized carbons (Fsp3) is 0.500. The van der Waals surface area contributed by atoms with Crippen molar-refractivity contribution in [1.82, 2.24) is 4.90 Å². The van der Waals surface area contributed by atoms with Crippen LogP contribution in [0.2, 0.25) is 10.0 Å². The lowest BCUT2D eigenvalue weighted by molar-refractivity contribution is 0.149. The van der Waals surface area contributed by atoms with E-state index in [9.17, 15) is 14.5 Å². The highest BCUT2D eigenvalue weighted by Gasteiger charge is 2.60. The molecule has 158 valence electrons. The minimum Gasteiger partial charge on any atom is -0.591 e. The Kier molecular flexibility index (Phi) is 6.44. The summed E-state index contributed by atoms with van der Waals surface area (Å²) in [7, 11) is 0. The lowest BCUT2D eigenvalue weighted by atomic mass is 10.0. The first-order chi connectivity index (χ1) is 13.5. The zero-order valence-electron chi connectivity index (χ0n) is 16.5. The van der Waals surface area contributed by atoms with Crippen LogP contribution in [0.5, 0.6) is 5.75 Å². The highest BCUT2D eigenvalue weighted by Crippen LogP contribution is 2.54. The van der Waals surface area contributed by atoms with Crippen molar-refractivity contribution in [2.24, 2.45) is 22.2 Å². The summed E-state index contributed by atoms with van der Waals surface area (Å²) in [5, 5.41) is 9.93. The zero-order chi connectivity index (χ0) is 21.5. The Morgan fingerprint density at radius 3 is 2.48 bits per heavy atom. The molecule has 0 spiro atoms. The molecule has 1 saturated carbocycles. The first-order valence-electron chi connectivity index (χ1n) is 9.26. The summed E-state index contributed by atoms with van der Waals surface area (Å²) in [6.07, 6.45) is 0.699. The molecule has 1 aromatic rings. The van der Waals surface area contributed by atoms with E-state index in [0.29, 0.717) is 40.2 Å². The number of benzene rings is 1. The van der Waals surface area contributed by atoms with Crippen LogP contribution >= 0.6 is 23.2 Å².